The summed E-state index contributed by atoms with van der Waals surface area (Å²) in [5.74, 6) is 2.00. The minimum Gasteiger partial charge on any atom is -0.497 e. The Bertz CT molecular complexity index is 939. The molecule has 3 aromatic rings. The molecule has 1 atom stereocenters. The fourth-order valence-electron chi connectivity index (χ4n) is 2.97. The van der Waals surface area contributed by atoms with Crippen LogP contribution in [0.5, 0.6) is 17.2 Å². The minimum absolute atomic E-state index is 0.0928. The highest BCUT2D eigenvalue weighted by molar-refractivity contribution is 5.94. The maximum atomic E-state index is 12.7. The zero-order valence-electron chi connectivity index (χ0n) is 16.8. The van der Waals surface area contributed by atoms with Crippen LogP contribution in [0.2, 0.25) is 0 Å². The van der Waals surface area contributed by atoms with Crippen LogP contribution in [-0.2, 0) is 6.61 Å². The summed E-state index contributed by atoms with van der Waals surface area (Å²) in [5, 5.41) is 3.03. The Morgan fingerprint density at radius 2 is 1.59 bits per heavy atom. The van der Waals surface area contributed by atoms with Gasteiger partial charge < -0.3 is 19.5 Å². The van der Waals surface area contributed by atoms with Gasteiger partial charge in [0.2, 0.25) is 0 Å². The van der Waals surface area contributed by atoms with Gasteiger partial charge in [-0.3, -0.25) is 4.79 Å². The number of methoxy groups -OCH3 is 2. The molecule has 0 spiro atoms. The van der Waals surface area contributed by atoms with E-state index in [4.69, 9.17) is 14.2 Å². The molecule has 0 saturated heterocycles. The van der Waals surface area contributed by atoms with Gasteiger partial charge in [0.15, 0.2) is 0 Å². The number of ether oxygens (including phenoxy) is 3. The van der Waals surface area contributed by atoms with E-state index in [1.54, 1.807) is 32.4 Å². The minimum atomic E-state index is -0.144. The number of nitrogens with one attached hydrogen (secondary N) is 1. The van der Waals surface area contributed by atoms with Gasteiger partial charge in [-0.25, -0.2) is 0 Å². The summed E-state index contributed by atoms with van der Waals surface area (Å²) in [6.45, 7) is 2.25. The summed E-state index contributed by atoms with van der Waals surface area (Å²) in [7, 11) is 3.22. The van der Waals surface area contributed by atoms with Gasteiger partial charge in [0.05, 0.1) is 20.3 Å². The van der Waals surface area contributed by atoms with Crippen molar-refractivity contribution in [3.63, 3.8) is 0 Å². The Kier molecular flexibility index (Phi) is 6.74. The Hall–Kier alpha value is -3.47. The Morgan fingerprint density at radius 3 is 2.24 bits per heavy atom. The molecule has 1 unspecified atom stereocenters. The molecular weight excluding hydrogens is 366 g/mol. The number of hydrogen-bond acceptors (Lipinski definition) is 4. The third-order valence-electron chi connectivity index (χ3n) is 4.64. The van der Waals surface area contributed by atoms with Gasteiger partial charge in [-0.2, -0.15) is 0 Å². The van der Waals surface area contributed by atoms with Crippen molar-refractivity contribution >= 4 is 5.91 Å². The highest BCUT2D eigenvalue weighted by Crippen LogP contribution is 2.24. The number of benzene rings is 3. The number of carbonyl (C=O) groups is 1. The zero-order chi connectivity index (χ0) is 20.6. The molecule has 1 amide bonds. The largest absolute Gasteiger partial charge is 0.497 e. The average Bonchev–Trinajstić information content (AvgIpc) is 2.78. The first kappa shape index (κ1) is 20.3. The summed E-state index contributed by atoms with van der Waals surface area (Å²) in [4.78, 5) is 12.7. The summed E-state index contributed by atoms with van der Waals surface area (Å²) in [6.07, 6.45) is 0. The Labute approximate surface area is 171 Å². The van der Waals surface area contributed by atoms with Gasteiger partial charge in [0.1, 0.15) is 23.9 Å². The normalized spacial score (nSPS) is 11.4. The Balaban J connectivity index is 1.71. The van der Waals surface area contributed by atoms with Gasteiger partial charge >= 0.3 is 0 Å². The van der Waals surface area contributed by atoms with Crippen LogP contribution in [0.25, 0.3) is 0 Å². The lowest BCUT2D eigenvalue weighted by atomic mass is 10.1. The summed E-state index contributed by atoms with van der Waals surface area (Å²) < 4.78 is 16.4. The molecule has 1 N–H and O–H groups in total. The summed E-state index contributed by atoms with van der Waals surface area (Å²) in [6, 6.07) is 22.4. The first-order valence-corrected chi connectivity index (χ1v) is 9.40. The molecular formula is C24H25NO4. The second-order valence-electron chi connectivity index (χ2n) is 6.60. The molecule has 5 heteroatoms. The van der Waals surface area contributed by atoms with Crippen LogP contribution in [-0.4, -0.2) is 20.1 Å². The molecule has 0 aliphatic carbocycles. The van der Waals surface area contributed by atoms with E-state index >= 15 is 0 Å². The van der Waals surface area contributed by atoms with Crippen LogP contribution in [0.15, 0.2) is 72.8 Å². The van der Waals surface area contributed by atoms with E-state index in [1.165, 1.54) is 0 Å². The fourth-order valence-corrected chi connectivity index (χ4v) is 2.97. The second kappa shape index (κ2) is 9.64. The van der Waals surface area contributed by atoms with Gasteiger partial charge in [0, 0.05) is 11.1 Å². The highest BCUT2D eigenvalue weighted by atomic mass is 16.5. The van der Waals surface area contributed by atoms with E-state index in [9.17, 15) is 4.79 Å². The van der Waals surface area contributed by atoms with Crippen molar-refractivity contribution in [3.05, 3.63) is 89.5 Å². The van der Waals surface area contributed by atoms with Crippen LogP contribution in [0.4, 0.5) is 0 Å². The Morgan fingerprint density at radius 1 is 0.897 bits per heavy atom. The van der Waals surface area contributed by atoms with E-state index in [0.717, 1.165) is 16.9 Å². The summed E-state index contributed by atoms with van der Waals surface area (Å²) >= 11 is 0. The topological polar surface area (TPSA) is 56.8 Å². The van der Waals surface area contributed by atoms with Crippen molar-refractivity contribution in [2.45, 2.75) is 19.6 Å². The van der Waals surface area contributed by atoms with Crippen molar-refractivity contribution in [1.82, 2.24) is 5.32 Å². The molecule has 0 fully saturated rings. The lowest BCUT2D eigenvalue weighted by Crippen LogP contribution is -2.26. The monoisotopic (exact) mass is 391 g/mol. The predicted molar refractivity (Wildman–Crippen MR) is 113 cm³/mol. The predicted octanol–water partition coefficient (Wildman–Crippen LogP) is 4.77. The van der Waals surface area contributed by atoms with Crippen molar-refractivity contribution in [1.29, 1.82) is 0 Å². The van der Waals surface area contributed by atoms with Crippen molar-refractivity contribution in [3.8, 4) is 17.2 Å². The van der Waals surface area contributed by atoms with Crippen LogP contribution in [0.1, 0.15) is 34.5 Å². The smallest absolute Gasteiger partial charge is 0.251 e. The highest BCUT2D eigenvalue weighted by Gasteiger charge is 2.14. The van der Waals surface area contributed by atoms with E-state index in [1.807, 2.05) is 61.5 Å². The quantitative estimate of drug-likeness (QED) is 0.601. The van der Waals surface area contributed by atoms with Crippen LogP contribution in [0, 0.1) is 0 Å². The van der Waals surface area contributed by atoms with Gasteiger partial charge in [0.25, 0.3) is 5.91 Å². The van der Waals surface area contributed by atoms with E-state index in [2.05, 4.69) is 5.32 Å². The van der Waals surface area contributed by atoms with Crippen LogP contribution < -0.4 is 19.5 Å². The lowest BCUT2D eigenvalue weighted by Gasteiger charge is -2.16. The van der Waals surface area contributed by atoms with E-state index < -0.39 is 0 Å². The van der Waals surface area contributed by atoms with Gasteiger partial charge in [-0.15, -0.1) is 0 Å². The molecule has 3 aromatic carbocycles. The van der Waals surface area contributed by atoms with Crippen molar-refractivity contribution in [2.24, 2.45) is 0 Å². The van der Waals surface area contributed by atoms with E-state index in [-0.39, 0.29) is 18.6 Å². The maximum absolute atomic E-state index is 12.7. The standard InChI is InChI=1S/C24H25NO4/c1-17(18-7-5-4-6-8-18)25-24(26)19-9-14-23(28-3)20(15-19)16-29-22-12-10-21(27-2)11-13-22/h4-15,17H,16H2,1-3H3,(H,25,26). The molecule has 0 aliphatic rings. The molecule has 3 rings (SSSR count). The first-order valence-electron chi connectivity index (χ1n) is 9.40. The molecule has 0 heterocycles. The summed E-state index contributed by atoms with van der Waals surface area (Å²) in [5.41, 5.74) is 2.41. The molecule has 150 valence electrons. The number of carbonyl (C=O) groups excluding carboxylic acids is 1. The number of hydrogen-bond donors (Lipinski definition) is 1. The third kappa shape index (κ3) is 5.29. The SMILES string of the molecule is COc1ccc(OCc2cc(C(=O)NC(C)c3ccccc3)ccc2OC)cc1. The zero-order valence-corrected chi connectivity index (χ0v) is 16.8. The van der Waals surface area contributed by atoms with E-state index in [0.29, 0.717) is 17.1 Å². The van der Waals surface area contributed by atoms with Gasteiger partial charge in [-0.05, 0) is 55.0 Å². The third-order valence-corrected chi connectivity index (χ3v) is 4.64. The first-order chi connectivity index (χ1) is 14.1. The second-order valence-corrected chi connectivity index (χ2v) is 6.60. The lowest BCUT2D eigenvalue weighted by molar-refractivity contribution is 0.0939. The molecule has 0 radical (unpaired) electrons. The number of amides is 1. The fraction of sp³-hybridized carbons (Fsp3) is 0.208. The van der Waals surface area contributed by atoms with Crippen LogP contribution in [0.3, 0.4) is 0 Å². The molecule has 5 nitrogen and oxygen atoms in total. The molecule has 0 aliphatic heterocycles. The average molecular weight is 391 g/mol. The number of rotatable bonds is 8. The van der Waals surface area contributed by atoms with Crippen LogP contribution >= 0.6 is 0 Å². The molecule has 0 bridgehead atoms. The molecule has 0 saturated carbocycles. The van der Waals surface area contributed by atoms with Crippen molar-refractivity contribution < 1.29 is 19.0 Å². The maximum Gasteiger partial charge on any atom is 0.251 e. The van der Waals surface area contributed by atoms with Gasteiger partial charge in [-0.1, -0.05) is 30.3 Å². The van der Waals surface area contributed by atoms with Crippen molar-refractivity contribution in [2.75, 3.05) is 14.2 Å². The molecule has 0 aromatic heterocycles. The molecule has 29 heavy (non-hydrogen) atoms.